The maximum Gasteiger partial charge on any atom is 0.335 e. The fraction of sp³-hybridized carbons (Fsp3) is 0.400. The van der Waals surface area contributed by atoms with E-state index in [2.05, 4.69) is 11.2 Å². The van der Waals surface area contributed by atoms with Crippen molar-refractivity contribution < 1.29 is 23.9 Å². The number of nitrogens with zero attached hydrogens (tertiary/aromatic N) is 1. The van der Waals surface area contributed by atoms with Crippen LogP contribution in [0.2, 0.25) is 10.0 Å². The van der Waals surface area contributed by atoms with E-state index < -0.39 is 5.97 Å². The van der Waals surface area contributed by atoms with Crippen LogP contribution in [0.5, 0.6) is 0 Å². The lowest BCUT2D eigenvalue weighted by molar-refractivity contribution is -0.178. The number of benzene rings is 2. The quantitative estimate of drug-likeness (QED) is 0.291. The summed E-state index contributed by atoms with van der Waals surface area (Å²) < 4.78 is 18.5. The molecule has 3 aromatic rings. The van der Waals surface area contributed by atoms with Crippen LogP contribution < -0.4 is 0 Å². The topological polar surface area (TPSA) is 81.8 Å². The Labute approximate surface area is 231 Å². The minimum atomic E-state index is -0.924. The van der Waals surface area contributed by atoms with Crippen molar-refractivity contribution in [1.82, 2.24) is 5.16 Å². The predicted molar refractivity (Wildman–Crippen MR) is 146 cm³/mol. The third-order valence-electron chi connectivity index (χ3n) is 8.16. The molecule has 0 amide bonds. The predicted octanol–water partition coefficient (Wildman–Crippen LogP) is 7.78. The molecule has 4 aliphatic rings. The first-order valence-corrected chi connectivity index (χ1v) is 13.8. The Kier molecular flexibility index (Phi) is 6.85. The highest BCUT2D eigenvalue weighted by molar-refractivity contribution is 6.39. The van der Waals surface area contributed by atoms with Gasteiger partial charge in [0.15, 0.2) is 0 Å². The molecule has 7 rings (SSSR count). The summed E-state index contributed by atoms with van der Waals surface area (Å²) in [6.45, 7) is 1.62. The Morgan fingerprint density at radius 3 is 2.50 bits per heavy atom. The van der Waals surface area contributed by atoms with Crippen molar-refractivity contribution in [3.8, 4) is 11.3 Å². The summed E-state index contributed by atoms with van der Waals surface area (Å²) in [5, 5.41) is 14.7. The second-order valence-corrected chi connectivity index (χ2v) is 11.7. The summed E-state index contributed by atoms with van der Waals surface area (Å²) in [5.74, 6) is 0.339. The number of carboxylic acids is 1. The molecule has 0 radical (unpaired) electrons. The van der Waals surface area contributed by atoms with E-state index in [1.807, 2.05) is 30.3 Å². The van der Waals surface area contributed by atoms with E-state index in [9.17, 15) is 9.90 Å². The second-order valence-electron chi connectivity index (χ2n) is 10.9. The smallest absolute Gasteiger partial charge is 0.335 e. The van der Waals surface area contributed by atoms with Crippen LogP contribution in [0.4, 0.5) is 0 Å². The van der Waals surface area contributed by atoms with E-state index >= 15 is 0 Å². The lowest BCUT2D eigenvalue weighted by atomic mass is 9.66. The van der Waals surface area contributed by atoms with E-state index in [-0.39, 0.29) is 16.6 Å². The second kappa shape index (κ2) is 10.2. The highest BCUT2D eigenvalue weighted by atomic mass is 35.5. The van der Waals surface area contributed by atoms with Gasteiger partial charge in [-0.15, -0.1) is 0 Å². The Balaban J connectivity index is 1.12. The van der Waals surface area contributed by atoms with Gasteiger partial charge in [-0.2, -0.15) is 0 Å². The van der Waals surface area contributed by atoms with Gasteiger partial charge in [-0.25, -0.2) is 4.79 Å². The molecule has 2 aliphatic heterocycles. The van der Waals surface area contributed by atoms with Gasteiger partial charge < -0.3 is 19.1 Å². The molecule has 4 fully saturated rings. The van der Waals surface area contributed by atoms with E-state index in [1.165, 1.54) is 0 Å². The van der Waals surface area contributed by atoms with Gasteiger partial charge in [0.2, 0.25) is 0 Å². The minimum absolute atomic E-state index is 0.0159. The third-order valence-corrected chi connectivity index (χ3v) is 8.79. The van der Waals surface area contributed by atoms with E-state index in [0.29, 0.717) is 47.0 Å². The normalized spacial score (nSPS) is 24.8. The Hall–Kier alpha value is -2.64. The van der Waals surface area contributed by atoms with Crippen molar-refractivity contribution in [3.05, 3.63) is 81.0 Å². The SMILES string of the molecule is O=C(O)c1cccc(C=CC23CCC(COCc4c(-c5c(Cl)cccc5Cl)noc4C4CC4)(CC2)CO3)c1. The first-order chi connectivity index (χ1) is 18.4. The van der Waals surface area contributed by atoms with Gasteiger partial charge in [0, 0.05) is 22.5 Å². The summed E-state index contributed by atoms with van der Waals surface area (Å²) in [6.07, 6.45) is 10.1. The zero-order valence-electron chi connectivity index (χ0n) is 20.9. The fourth-order valence-electron chi connectivity index (χ4n) is 5.63. The summed E-state index contributed by atoms with van der Waals surface area (Å²) >= 11 is 13.0. The van der Waals surface area contributed by atoms with Crippen LogP contribution in [-0.2, 0) is 16.1 Å². The molecule has 2 aliphatic carbocycles. The highest BCUT2D eigenvalue weighted by Gasteiger charge is 2.48. The molecule has 0 unspecified atom stereocenters. The Morgan fingerprint density at radius 2 is 1.84 bits per heavy atom. The van der Waals surface area contributed by atoms with Crippen molar-refractivity contribution in [2.45, 2.75) is 56.7 Å². The molecular formula is C30H29Cl2NO5. The first-order valence-electron chi connectivity index (χ1n) is 13.0. The number of carbonyl (C=O) groups is 1. The van der Waals surface area contributed by atoms with Crippen molar-refractivity contribution >= 4 is 35.2 Å². The van der Waals surface area contributed by atoms with E-state index in [0.717, 1.165) is 55.4 Å². The van der Waals surface area contributed by atoms with Crippen LogP contribution in [-0.4, -0.2) is 35.0 Å². The molecule has 6 nitrogen and oxygen atoms in total. The van der Waals surface area contributed by atoms with Gasteiger partial charge in [-0.05, 0) is 68.4 Å². The molecular weight excluding hydrogens is 525 g/mol. The molecule has 1 aromatic heterocycles. The zero-order chi connectivity index (χ0) is 26.3. The molecule has 0 atom stereocenters. The minimum Gasteiger partial charge on any atom is -0.478 e. The summed E-state index contributed by atoms with van der Waals surface area (Å²) in [5.41, 5.74) is 3.12. The van der Waals surface area contributed by atoms with Crippen molar-refractivity contribution in [2.75, 3.05) is 13.2 Å². The number of fused-ring (bicyclic) bond motifs is 3. The molecule has 2 aromatic carbocycles. The molecule has 2 saturated heterocycles. The van der Waals surface area contributed by atoms with Crippen LogP contribution in [0.1, 0.15) is 71.7 Å². The number of halogens is 2. The number of carboxylic acid groups (broad SMARTS) is 1. The third kappa shape index (κ3) is 5.03. The fourth-order valence-corrected chi connectivity index (χ4v) is 6.21. The van der Waals surface area contributed by atoms with Gasteiger partial charge in [0.1, 0.15) is 11.5 Å². The lowest BCUT2D eigenvalue weighted by Crippen LogP contribution is -2.51. The standard InChI is InChI=1S/C30H29Cl2NO5/c31-23-5-2-6-24(32)25(23)26-22(27(38-33-26)20-7-8-20)16-36-17-29-11-13-30(14-12-29,37-18-29)10-9-19-3-1-4-21(15-19)28(34)35/h1-6,9-10,15,20H,7-8,11-14,16-18H2,(H,34,35). The Bertz CT molecular complexity index is 1350. The number of aromatic carboxylic acids is 1. The van der Waals surface area contributed by atoms with Gasteiger partial charge in [0.25, 0.3) is 0 Å². The van der Waals surface area contributed by atoms with Crippen molar-refractivity contribution in [2.24, 2.45) is 5.41 Å². The summed E-state index contributed by atoms with van der Waals surface area (Å²) in [6, 6.07) is 12.4. The highest BCUT2D eigenvalue weighted by Crippen LogP contribution is 2.50. The van der Waals surface area contributed by atoms with Crippen molar-refractivity contribution in [1.29, 1.82) is 0 Å². The monoisotopic (exact) mass is 553 g/mol. The summed E-state index contributed by atoms with van der Waals surface area (Å²) in [4.78, 5) is 11.3. The van der Waals surface area contributed by atoms with Gasteiger partial charge in [-0.1, -0.05) is 58.7 Å². The van der Waals surface area contributed by atoms with Crippen molar-refractivity contribution in [3.63, 3.8) is 0 Å². The lowest BCUT2D eigenvalue weighted by Gasteiger charge is -2.52. The van der Waals surface area contributed by atoms with Crippen LogP contribution >= 0.6 is 23.2 Å². The Morgan fingerprint density at radius 1 is 1.11 bits per heavy atom. The number of rotatable bonds is 9. The average molecular weight is 554 g/mol. The molecule has 1 N–H and O–H groups in total. The largest absolute Gasteiger partial charge is 0.478 e. The average Bonchev–Trinajstić information content (AvgIpc) is 3.69. The molecule has 3 heterocycles. The summed E-state index contributed by atoms with van der Waals surface area (Å²) in [7, 11) is 0. The first kappa shape index (κ1) is 25.6. The van der Waals surface area contributed by atoms with Gasteiger partial charge in [-0.3, -0.25) is 0 Å². The van der Waals surface area contributed by atoms with Gasteiger partial charge >= 0.3 is 5.97 Å². The number of hydrogen-bond donors (Lipinski definition) is 1. The number of aromatic nitrogens is 1. The van der Waals surface area contributed by atoms with Crippen LogP contribution in [0.25, 0.3) is 17.3 Å². The van der Waals surface area contributed by atoms with Crippen LogP contribution in [0.3, 0.4) is 0 Å². The molecule has 2 saturated carbocycles. The molecule has 2 bridgehead atoms. The molecule has 198 valence electrons. The maximum absolute atomic E-state index is 11.3. The van der Waals surface area contributed by atoms with E-state index in [4.69, 9.17) is 37.2 Å². The van der Waals surface area contributed by atoms with Crippen LogP contribution in [0.15, 0.2) is 53.1 Å². The number of ether oxygens (including phenoxy) is 2. The molecule has 0 spiro atoms. The number of hydrogen-bond acceptors (Lipinski definition) is 5. The molecule has 38 heavy (non-hydrogen) atoms. The van der Waals surface area contributed by atoms with Crippen LogP contribution in [0, 0.1) is 5.41 Å². The maximum atomic E-state index is 11.3. The molecule has 8 heteroatoms. The van der Waals surface area contributed by atoms with E-state index in [1.54, 1.807) is 18.2 Å². The van der Waals surface area contributed by atoms with Gasteiger partial charge in [0.05, 0.1) is 41.0 Å². The zero-order valence-corrected chi connectivity index (χ0v) is 22.4.